The Morgan fingerprint density at radius 1 is 1.64 bits per heavy atom. The number of aldehydes is 1. The Balaban J connectivity index is 1.90. The topological polar surface area (TPSA) is 34.9 Å². The van der Waals surface area contributed by atoms with Crippen LogP contribution in [0, 0.1) is 11.3 Å². The van der Waals surface area contributed by atoms with Crippen molar-refractivity contribution < 1.29 is 4.79 Å². The zero-order chi connectivity index (χ0) is 10.2. The quantitative estimate of drug-likeness (QED) is 0.688. The molecule has 76 valence electrons. The Morgan fingerprint density at radius 2 is 2.36 bits per heavy atom. The highest BCUT2D eigenvalue weighted by atomic mass is 16.1. The average Bonchev–Trinajstić information content (AvgIpc) is 2.49. The summed E-state index contributed by atoms with van der Waals surface area (Å²) in [5, 5.41) is 4.14. The maximum atomic E-state index is 10.4. The molecular weight excluding hydrogens is 176 g/mol. The number of aromatic nitrogens is 2. The smallest absolute Gasteiger partial charge is 0.153 e. The first-order valence-electron chi connectivity index (χ1n) is 5.07. The zero-order valence-corrected chi connectivity index (χ0v) is 8.73. The molecule has 0 spiro atoms. The van der Waals surface area contributed by atoms with Crippen LogP contribution in [-0.2, 0) is 6.54 Å². The molecule has 0 atom stereocenters. The van der Waals surface area contributed by atoms with Crippen LogP contribution in [0.4, 0.5) is 0 Å². The molecule has 0 aromatic carbocycles. The van der Waals surface area contributed by atoms with E-state index in [-0.39, 0.29) is 0 Å². The molecule has 1 aromatic rings. The molecule has 0 unspecified atom stereocenters. The van der Waals surface area contributed by atoms with E-state index in [0.717, 1.165) is 18.7 Å². The molecule has 1 aromatic heterocycles. The minimum Gasteiger partial charge on any atom is -0.298 e. The first-order chi connectivity index (χ1) is 6.59. The lowest BCUT2D eigenvalue weighted by atomic mass is 9.64. The molecule has 0 aliphatic heterocycles. The van der Waals surface area contributed by atoms with Crippen molar-refractivity contribution in [3.8, 4) is 0 Å². The van der Waals surface area contributed by atoms with E-state index in [4.69, 9.17) is 0 Å². The Morgan fingerprint density at radius 3 is 2.86 bits per heavy atom. The Bertz CT molecular complexity index is 333. The summed E-state index contributed by atoms with van der Waals surface area (Å²) in [6, 6.07) is 0. The maximum absolute atomic E-state index is 10.4. The lowest BCUT2D eigenvalue weighted by Crippen LogP contribution is -2.34. The zero-order valence-electron chi connectivity index (χ0n) is 8.73. The molecule has 1 fully saturated rings. The molecule has 3 nitrogen and oxygen atoms in total. The second kappa shape index (κ2) is 3.23. The molecule has 2 rings (SSSR count). The SMILES string of the molecule is CC1(C)CC(Cn2cc(C=O)cn2)C1. The predicted molar refractivity (Wildman–Crippen MR) is 54.1 cm³/mol. The Hall–Kier alpha value is -1.12. The molecule has 0 bridgehead atoms. The van der Waals surface area contributed by atoms with Gasteiger partial charge in [0.05, 0.1) is 11.8 Å². The highest BCUT2D eigenvalue weighted by Crippen LogP contribution is 2.45. The standard InChI is InChI=1S/C11H16N2O/c1-11(2)3-9(4-11)6-13-7-10(8-14)5-12-13/h5,7-9H,3-4,6H2,1-2H3. The van der Waals surface area contributed by atoms with Gasteiger partial charge in [-0.2, -0.15) is 5.10 Å². The van der Waals surface area contributed by atoms with Crippen LogP contribution in [0.1, 0.15) is 37.0 Å². The van der Waals surface area contributed by atoms with E-state index in [1.807, 2.05) is 10.9 Å². The average molecular weight is 192 g/mol. The van der Waals surface area contributed by atoms with Crippen LogP contribution < -0.4 is 0 Å². The normalized spacial score (nSPS) is 20.4. The molecule has 0 N–H and O–H groups in total. The third kappa shape index (κ3) is 1.86. The fourth-order valence-electron chi connectivity index (χ4n) is 2.44. The van der Waals surface area contributed by atoms with E-state index in [2.05, 4.69) is 18.9 Å². The highest BCUT2D eigenvalue weighted by Gasteiger charge is 2.35. The van der Waals surface area contributed by atoms with Gasteiger partial charge in [-0.3, -0.25) is 9.48 Å². The lowest BCUT2D eigenvalue weighted by Gasteiger charge is -2.42. The van der Waals surface area contributed by atoms with E-state index in [9.17, 15) is 4.79 Å². The van der Waals surface area contributed by atoms with Gasteiger partial charge in [0.2, 0.25) is 0 Å². The number of carbonyl (C=O) groups excluding carboxylic acids is 1. The predicted octanol–water partition coefficient (Wildman–Crippen LogP) is 2.13. The van der Waals surface area contributed by atoms with Gasteiger partial charge >= 0.3 is 0 Å². The van der Waals surface area contributed by atoms with Gasteiger partial charge in [0.25, 0.3) is 0 Å². The Labute approximate surface area is 84.1 Å². The summed E-state index contributed by atoms with van der Waals surface area (Å²) in [4.78, 5) is 10.4. The fourth-order valence-corrected chi connectivity index (χ4v) is 2.44. The van der Waals surface area contributed by atoms with Crippen molar-refractivity contribution in [3.63, 3.8) is 0 Å². The van der Waals surface area contributed by atoms with E-state index >= 15 is 0 Å². The van der Waals surface area contributed by atoms with Crippen molar-refractivity contribution in [2.75, 3.05) is 0 Å². The van der Waals surface area contributed by atoms with Gasteiger partial charge in [-0.15, -0.1) is 0 Å². The van der Waals surface area contributed by atoms with Crippen LogP contribution in [0.3, 0.4) is 0 Å². The van der Waals surface area contributed by atoms with Gasteiger partial charge in [-0.05, 0) is 24.2 Å². The first-order valence-corrected chi connectivity index (χ1v) is 5.07. The van der Waals surface area contributed by atoms with Gasteiger partial charge in [0, 0.05) is 12.7 Å². The Kier molecular flexibility index (Phi) is 2.17. The van der Waals surface area contributed by atoms with Crippen molar-refractivity contribution >= 4 is 6.29 Å². The molecule has 1 saturated carbocycles. The largest absolute Gasteiger partial charge is 0.298 e. The van der Waals surface area contributed by atoms with Crippen LogP contribution in [0.25, 0.3) is 0 Å². The van der Waals surface area contributed by atoms with E-state index in [0.29, 0.717) is 11.0 Å². The monoisotopic (exact) mass is 192 g/mol. The minimum atomic E-state index is 0.519. The van der Waals surface area contributed by atoms with Gasteiger partial charge < -0.3 is 0 Å². The summed E-state index contributed by atoms with van der Waals surface area (Å²) in [6.07, 6.45) is 6.82. The summed E-state index contributed by atoms with van der Waals surface area (Å²) in [7, 11) is 0. The molecule has 0 amide bonds. The van der Waals surface area contributed by atoms with Crippen LogP contribution in [0.5, 0.6) is 0 Å². The summed E-state index contributed by atoms with van der Waals surface area (Å²) < 4.78 is 1.88. The van der Waals surface area contributed by atoms with Crippen molar-refractivity contribution in [3.05, 3.63) is 18.0 Å². The number of rotatable bonds is 3. The lowest BCUT2D eigenvalue weighted by molar-refractivity contribution is 0.0799. The number of hydrogen-bond acceptors (Lipinski definition) is 2. The van der Waals surface area contributed by atoms with Gasteiger partial charge in [-0.25, -0.2) is 0 Å². The fraction of sp³-hybridized carbons (Fsp3) is 0.636. The van der Waals surface area contributed by atoms with Gasteiger partial charge in [0.15, 0.2) is 6.29 Å². The molecule has 0 radical (unpaired) electrons. The summed E-state index contributed by atoms with van der Waals surface area (Å²) in [5.74, 6) is 0.740. The molecule has 1 aliphatic rings. The second-order valence-corrected chi connectivity index (χ2v) is 5.05. The highest BCUT2D eigenvalue weighted by molar-refractivity contribution is 5.73. The van der Waals surface area contributed by atoms with Crippen LogP contribution in [0.15, 0.2) is 12.4 Å². The van der Waals surface area contributed by atoms with Crippen LogP contribution in [0.2, 0.25) is 0 Å². The molecule has 0 saturated heterocycles. The van der Waals surface area contributed by atoms with Crippen LogP contribution in [-0.4, -0.2) is 16.1 Å². The summed E-state index contributed by atoms with van der Waals surface area (Å²) in [5.41, 5.74) is 1.19. The first kappa shape index (κ1) is 9.44. The molecular formula is C11H16N2O. The third-order valence-corrected chi connectivity index (χ3v) is 2.92. The third-order valence-electron chi connectivity index (χ3n) is 2.92. The van der Waals surface area contributed by atoms with Crippen molar-refractivity contribution in [2.45, 2.75) is 33.2 Å². The van der Waals surface area contributed by atoms with E-state index in [1.54, 1.807) is 6.20 Å². The van der Waals surface area contributed by atoms with Crippen molar-refractivity contribution in [1.82, 2.24) is 9.78 Å². The van der Waals surface area contributed by atoms with Crippen LogP contribution >= 0.6 is 0 Å². The second-order valence-electron chi connectivity index (χ2n) is 5.05. The molecule has 3 heteroatoms. The number of nitrogens with zero attached hydrogens (tertiary/aromatic N) is 2. The molecule has 14 heavy (non-hydrogen) atoms. The van der Waals surface area contributed by atoms with E-state index < -0.39 is 0 Å². The minimum absolute atomic E-state index is 0.519. The molecule has 1 heterocycles. The van der Waals surface area contributed by atoms with E-state index in [1.165, 1.54) is 12.8 Å². The maximum Gasteiger partial charge on any atom is 0.153 e. The van der Waals surface area contributed by atoms with Crippen molar-refractivity contribution in [1.29, 1.82) is 0 Å². The van der Waals surface area contributed by atoms with Gasteiger partial charge in [0.1, 0.15) is 0 Å². The van der Waals surface area contributed by atoms with Gasteiger partial charge in [-0.1, -0.05) is 13.8 Å². The summed E-state index contributed by atoms with van der Waals surface area (Å²) in [6.45, 7) is 5.55. The number of carbonyl (C=O) groups is 1. The molecule has 1 aliphatic carbocycles. The van der Waals surface area contributed by atoms with Crippen molar-refractivity contribution in [2.24, 2.45) is 11.3 Å². The summed E-state index contributed by atoms with van der Waals surface area (Å²) >= 11 is 0. The number of hydrogen-bond donors (Lipinski definition) is 0.